The number of piperazine rings is 1. The van der Waals surface area contributed by atoms with Crippen LogP contribution in [0.4, 0.5) is 5.69 Å². The first kappa shape index (κ1) is 20.8. The molecule has 3 aromatic carbocycles. The Balaban J connectivity index is 1.31. The molecule has 164 valence electrons. The van der Waals surface area contributed by atoms with E-state index >= 15 is 0 Å². The number of nitrogens with one attached hydrogen (secondary N) is 1. The SMILES string of the molecule is CN1CCN(c2cccc3c2C[C@H](NC(=O)c2cccc(-c4ccccc4)c2)CC3)CC1. The van der Waals surface area contributed by atoms with Gasteiger partial charge < -0.3 is 15.1 Å². The summed E-state index contributed by atoms with van der Waals surface area (Å²) in [4.78, 5) is 18.0. The molecule has 0 radical (unpaired) electrons. The third-order valence-corrected chi connectivity index (χ3v) is 6.87. The summed E-state index contributed by atoms with van der Waals surface area (Å²) in [6.45, 7) is 4.33. The fourth-order valence-corrected chi connectivity index (χ4v) is 4.98. The van der Waals surface area contributed by atoms with Crippen LogP contribution >= 0.6 is 0 Å². The summed E-state index contributed by atoms with van der Waals surface area (Å²) >= 11 is 0. The molecule has 5 rings (SSSR count). The summed E-state index contributed by atoms with van der Waals surface area (Å²) in [5, 5.41) is 3.33. The second kappa shape index (κ2) is 9.17. The van der Waals surface area contributed by atoms with Gasteiger partial charge in [0.15, 0.2) is 0 Å². The van der Waals surface area contributed by atoms with E-state index in [0.717, 1.165) is 62.1 Å². The number of hydrogen-bond donors (Lipinski definition) is 1. The third-order valence-electron chi connectivity index (χ3n) is 6.87. The van der Waals surface area contributed by atoms with Crippen molar-refractivity contribution in [1.29, 1.82) is 0 Å². The average Bonchev–Trinajstić information content (AvgIpc) is 2.85. The van der Waals surface area contributed by atoms with Gasteiger partial charge in [0.1, 0.15) is 0 Å². The molecule has 1 heterocycles. The Morgan fingerprint density at radius 1 is 0.875 bits per heavy atom. The molecular formula is C28H31N3O. The molecule has 2 aliphatic rings. The first-order chi connectivity index (χ1) is 15.7. The summed E-state index contributed by atoms with van der Waals surface area (Å²) in [5.74, 6) is 0.0216. The van der Waals surface area contributed by atoms with Gasteiger partial charge in [-0.2, -0.15) is 0 Å². The number of aryl methyl sites for hydroxylation is 1. The smallest absolute Gasteiger partial charge is 0.251 e. The van der Waals surface area contributed by atoms with Gasteiger partial charge in [-0.15, -0.1) is 0 Å². The van der Waals surface area contributed by atoms with E-state index in [4.69, 9.17) is 0 Å². The zero-order chi connectivity index (χ0) is 21.9. The average molecular weight is 426 g/mol. The molecule has 4 nitrogen and oxygen atoms in total. The Bertz CT molecular complexity index is 1090. The highest BCUT2D eigenvalue weighted by Gasteiger charge is 2.25. The van der Waals surface area contributed by atoms with Crippen molar-refractivity contribution in [3.8, 4) is 11.1 Å². The van der Waals surface area contributed by atoms with Crippen LogP contribution in [-0.2, 0) is 12.8 Å². The van der Waals surface area contributed by atoms with E-state index in [1.165, 1.54) is 16.8 Å². The van der Waals surface area contributed by atoms with Crippen LogP contribution in [0.5, 0.6) is 0 Å². The predicted octanol–water partition coefficient (Wildman–Crippen LogP) is 4.39. The van der Waals surface area contributed by atoms with Crippen molar-refractivity contribution in [3.05, 3.63) is 89.5 Å². The number of fused-ring (bicyclic) bond motifs is 1. The number of benzene rings is 3. The van der Waals surface area contributed by atoms with Crippen molar-refractivity contribution in [1.82, 2.24) is 10.2 Å². The zero-order valence-electron chi connectivity index (χ0n) is 18.8. The lowest BCUT2D eigenvalue weighted by molar-refractivity contribution is 0.0933. The molecule has 0 aromatic heterocycles. The molecule has 4 heteroatoms. The Morgan fingerprint density at radius 2 is 1.62 bits per heavy atom. The molecule has 1 amide bonds. The minimum atomic E-state index is 0.0216. The summed E-state index contributed by atoms with van der Waals surface area (Å²) < 4.78 is 0. The molecule has 1 N–H and O–H groups in total. The maximum atomic E-state index is 13.1. The van der Waals surface area contributed by atoms with Gasteiger partial charge in [0, 0.05) is 43.5 Å². The van der Waals surface area contributed by atoms with Gasteiger partial charge in [0.05, 0.1) is 0 Å². The third kappa shape index (κ3) is 4.42. The molecular weight excluding hydrogens is 394 g/mol. The first-order valence-corrected chi connectivity index (χ1v) is 11.7. The van der Waals surface area contributed by atoms with Crippen LogP contribution in [0.2, 0.25) is 0 Å². The van der Waals surface area contributed by atoms with Gasteiger partial charge in [0.25, 0.3) is 5.91 Å². The molecule has 32 heavy (non-hydrogen) atoms. The van der Waals surface area contributed by atoms with Gasteiger partial charge in [-0.25, -0.2) is 0 Å². The Hall–Kier alpha value is -3.11. The van der Waals surface area contributed by atoms with E-state index in [1.54, 1.807) is 0 Å². The van der Waals surface area contributed by atoms with Gasteiger partial charge >= 0.3 is 0 Å². The van der Waals surface area contributed by atoms with Gasteiger partial charge in [-0.3, -0.25) is 4.79 Å². The number of rotatable bonds is 4. The number of likely N-dealkylation sites (N-methyl/N-ethyl adjacent to an activating group) is 1. The molecule has 1 aliphatic carbocycles. The summed E-state index contributed by atoms with van der Waals surface area (Å²) in [6, 6.07) is 25.0. The Kier molecular flexibility index (Phi) is 5.95. The van der Waals surface area contributed by atoms with E-state index in [1.807, 2.05) is 36.4 Å². The molecule has 0 spiro atoms. The molecule has 3 aromatic rings. The fourth-order valence-electron chi connectivity index (χ4n) is 4.98. The number of anilines is 1. The lowest BCUT2D eigenvalue weighted by Gasteiger charge is -2.37. The number of hydrogen-bond acceptors (Lipinski definition) is 3. The summed E-state index contributed by atoms with van der Waals surface area (Å²) in [5.41, 5.74) is 7.16. The topological polar surface area (TPSA) is 35.6 Å². The molecule has 1 atom stereocenters. The second-order valence-electron chi connectivity index (χ2n) is 9.07. The van der Waals surface area contributed by atoms with Crippen molar-refractivity contribution >= 4 is 11.6 Å². The van der Waals surface area contributed by atoms with E-state index in [2.05, 4.69) is 58.6 Å². The minimum Gasteiger partial charge on any atom is -0.369 e. The molecule has 0 unspecified atom stereocenters. The highest BCUT2D eigenvalue weighted by molar-refractivity contribution is 5.95. The second-order valence-corrected chi connectivity index (χ2v) is 9.07. The van der Waals surface area contributed by atoms with E-state index in [0.29, 0.717) is 0 Å². The van der Waals surface area contributed by atoms with Crippen LogP contribution in [-0.4, -0.2) is 50.1 Å². The maximum absolute atomic E-state index is 13.1. The Morgan fingerprint density at radius 3 is 2.44 bits per heavy atom. The maximum Gasteiger partial charge on any atom is 0.251 e. The van der Waals surface area contributed by atoms with Gasteiger partial charge in [-0.1, -0.05) is 54.6 Å². The Labute approximate surface area is 190 Å². The highest BCUT2D eigenvalue weighted by atomic mass is 16.1. The van der Waals surface area contributed by atoms with Crippen molar-refractivity contribution in [2.75, 3.05) is 38.1 Å². The van der Waals surface area contributed by atoms with Crippen LogP contribution in [0.3, 0.4) is 0 Å². The number of amides is 1. The molecule has 0 saturated carbocycles. The monoisotopic (exact) mass is 425 g/mol. The standard InChI is InChI=1S/C28H31N3O/c1-30-15-17-31(18-16-30)27-12-6-9-22-13-14-25(20-26(22)27)29-28(32)24-11-5-10-23(19-24)21-7-3-2-4-8-21/h2-12,19,25H,13-18,20H2,1H3,(H,29,32)/t25-/m1/s1. The summed E-state index contributed by atoms with van der Waals surface area (Å²) in [7, 11) is 2.19. The van der Waals surface area contributed by atoms with Crippen LogP contribution in [0.25, 0.3) is 11.1 Å². The van der Waals surface area contributed by atoms with Crippen molar-refractivity contribution in [2.24, 2.45) is 0 Å². The lowest BCUT2D eigenvalue weighted by atomic mass is 9.86. The highest BCUT2D eigenvalue weighted by Crippen LogP contribution is 2.31. The number of nitrogens with zero attached hydrogens (tertiary/aromatic N) is 2. The van der Waals surface area contributed by atoms with E-state index in [9.17, 15) is 4.79 Å². The zero-order valence-corrected chi connectivity index (χ0v) is 18.8. The van der Waals surface area contributed by atoms with Crippen molar-refractivity contribution < 1.29 is 4.79 Å². The first-order valence-electron chi connectivity index (χ1n) is 11.7. The molecule has 1 fully saturated rings. The minimum absolute atomic E-state index is 0.0216. The van der Waals surface area contributed by atoms with Crippen LogP contribution in [0, 0.1) is 0 Å². The molecule has 0 bridgehead atoms. The molecule has 1 aliphatic heterocycles. The van der Waals surface area contributed by atoms with Crippen LogP contribution in [0.15, 0.2) is 72.8 Å². The predicted molar refractivity (Wildman–Crippen MR) is 131 cm³/mol. The normalized spacial score (nSPS) is 18.8. The quantitative estimate of drug-likeness (QED) is 0.673. The number of carbonyl (C=O) groups excluding carboxylic acids is 1. The number of carbonyl (C=O) groups is 1. The van der Waals surface area contributed by atoms with Crippen LogP contribution < -0.4 is 10.2 Å². The van der Waals surface area contributed by atoms with Crippen molar-refractivity contribution in [3.63, 3.8) is 0 Å². The lowest BCUT2D eigenvalue weighted by Crippen LogP contribution is -2.45. The molecule has 1 saturated heterocycles. The summed E-state index contributed by atoms with van der Waals surface area (Å²) in [6.07, 6.45) is 2.91. The largest absolute Gasteiger partial charge is 0.369 e. The van der Waals surface area contributed by atoms with Gasteiger partial charge in [0.2, 0.25) is 0 Å². The van der Waals surface area contributed by atoms with Gasteiger partial charge in [-0.05, 0) is 66.8 Å². The van der Waals surface area contributed by atoms with E-state index in [-0.39, 0.29) is 11.9 Å². The van der Waals surface area contributed by atoms with Crippen molar-refractivity contribution in [2.45, 2.75) is 25.3 Å². The van der Waals surface area contributed by atoms with E-state index < -0.39 is 0 Å². The van der Waals surface area contributed by atoms with Crippen LogP contribution in [0.1, 0.15) is 27.9 Å². The fraction of sp³-hybridized carbons (Fsp3) is 0.321.